The Hall–Kier alpha value is -2.21. The third-order valence-corrected chi connectivity index (χ3v) is 6.18. The van der Waals surface area contributed by atoms with E-state index in [4.69, 9.17) is 0 Å². The summed E-state index contributed by atoms with van der Waals surface area (Å²) in [4.78, 5) is 32.4. The summed E-state index contributed by atoms with van der Waals surface area (Å²) >= 11 is 0. The van der Waals surface area contributed by atoms with Crippen LogP contribution in [-0.4, -0.2) is 46.0 Å². The molecule has 1 saturated heterocycles. The summed E-state index contributed by atoms with van der Waals surface area (Å²) in [5.74, 6) is 0.755. The van der Waals surface area contributed by atoms with Gasteiger partial charge in [-0.15, -0.1) is 0 Å². The van der Waals surface area contributed by atoms with E-state index < -0.39 is 0 Å². The van der Waals surface area contributed by atoms with Crippen LogP contribution in [0.4, 0.5) is 0 Å². The zero-order valence-corrected chi connectivity index (χ0v) is 16.7. The molecule has 28 heavy (non-hydrogen) atoms. The fraction of sp³-hybridized carbons (Fsp3) is 0.591. The third kappa shape index (κ3) is 3.97. The van der Waals surface area contributed by atoms with E-state index in [0.29, 0.717) is 29.1 Å². The zero-order chi connectivity index (χ0) is 19.5. The molecule has 3 heterocycles. The first kappa shape index (κ1) is 19.1. The molecule has 4 rings (SSSR count). The molecule has 6 nitrogen and oxygen atoms in total. The molecule has 2 aliphatic rings. The largest absolute Gasteiger partial charge is 0.352 e. The molecule has 1 fully saturated rings. The predicted molar refractivity (Wildman–Crippen MR) is 111 cm³/mol. The summed E-state index contributed by atoms with van der Waals surface area (Å²) in [5.41, 5.74) is 1.22. The summed E-state index contributed by atoms with van der Waals surface area (Å²) in [5, 5.41) is 3.62. The molecule has 1 atom stereocenters. The fourth-order valence-corrected chi connectivity index (χ4v) is 4.46. The molecule has 1 N–H and O–H groups in total. The first-order valence-corrected chi connectivity index (χ1v) is 10.7. The van der Waals surface area contributed by atoms with E-state index in [2.05, 4.69) is 22.1 Å². The summed E-state index contributed by atoms with van der Waals surface area (Å²) < 4.78 is 1.78. The second kappa shape index (κ2) is 8.43. The van der Waals surface area contributed by atoms with Gasteiger partial charge in [0, 0.05) is 37.7 Å². The van der Waals surface area contributed by atoms with Crippen LogP contribution in [0.25, 0.3) is 10.9 Å². The monoisotopic (exact) mass is 382 g/mol. The molecule has 2 aromatic rings. The molecule has 0 unspecified atom stereocenters. The van der Waals surface area contributed by atoms with E-state index in [1.807, 2.05) is 0 Å². The Balaban J connectivity index is 1.39. The van der Waals surface area contributed by atoms with Gasteiger partial charge < -0.3 is 10.2 Å². The number of rotatable bonds is 5. The Kier molecular flexibility index (Phi) is 5.76. The van der Waals surface area contributed by atoms with Crippen molar-refractivity contribution in [2.45, 2.75) is 64.5 Å². The van der Waals surface area contributed by atoms with Gasteiger partial charge in [-0.1, -0.05) is 6.42 Å². The maximum atomic E-state index is 12.7. The Morgan fingerprint density at radius 2 is 2.07 bits per heavy atom. The van der Waals surface area contributed by atoms with Crippen LogP contribution in [0.15, 0.2) is 23.0 Å². The van der Waals surface area contributed by atoms with Crippen molar-refractivity contribution >= 4 is 16.8 Å². The van der Waals surface area contributed by atoms with Crippen molar-refractivity contribution in [2.75, 3.05) is 19.6 Å². The Labute approximate surface area is 165 Å². The fourth-order valence-electron chi connectivity index (χ4n) is 4.46. The van der Waals surface area contributed by atoms with Gasteiger partial charge in [0.15, 0.2) is 0 Å². The number of nitrogens with one attached hydrogen (secondary N) is 1. The number of fused-ring (bicyclic) bond motifs is 2. The summed E-state index contributed by atoms with van der Waals surface area (Å²) in [7, 11) is 0. The van der Waals surface area contributed by atoms with Crippen LogP contribution in [0, 0.1) is 0 Å². The van der Waals surface area contributed by atoms with E-state index >= 15 is 0 Å². The molecular weight excluding hydrogens is 352 g/mol. The van der Waals surface area contributed by atoms with Crippen LogP contribution in [0.1, 0.15) is 61.6 Å². The minimum absolute atomic E-state index is 0.0160. The maximum absolute atomic E-state index is 12.7. The molecule has 0 saturated carbocycles. The number of aryl methyl sites for hydroxylation is 1. The quantitative estimate of drug-likeness (QED) is 0.808. The molecule has 1 aromatic heterocycles. The average Bonchev–Trinajstić information content (AvgIpc) is 2.72. The number of benzene rings is 1. The van der Waals surface area contributed by atoms with Crippen molar-refractivity contribution < 1.29 is 4.79 Å². The van der Waals surface area contributed by atoms with E-state index in [0.717, 1.165) is 44.6 Å². The Morgan fingerprint density at radius 3 is 2.93 bits per heavy atom. The highest BCUT2D eigenvalue weighted by Gasteiger charge is 2.18. The molecule has 0 radical (unpaired) electrons. The van der Waals surface area contributed by atoms with Crippen molar-refractivity contribution in [1.82, 2.24) is 19.8 Å². The highest BCUT2D eigenvalue weighted by atomic mass is 16.1. The minimum Gasteiger partial charge on any atom is -0.352 e. The summed E-state index contributed by atoms with van der Waals surface area (Å²) in [6.45, 7) is 5.91. The standard InChI is InChI=1S/C22H30N4O2/c1-16-7-2-4-12-25(16)13-6-11-23-21(27)17-9-10-18-19(15-17)24-20-8-3-5-14-26(20)22(18)28/h9-10,15-16H,2-8,11-14H2,1H3,(H,23,27)/t16-/m0/s1. The van der Waals surface area contributed by atoms with E-state index in [1.165, 1.54) is 25.8 Å². The van der Waals surface area contributed by atoms with E-state index in [-0.39, 0.29) is 11.5 Å². The number of likely N-dealkylation sites (tertiary alicyclic amines) is 1. The highest BCUT2D eigenvalue weighted by molar-refractivity contribution is 5.97. The second-order valence-electron chi connectivity index (χ2n) is 8.16. The molecule has 150 valence electrons. The highest BCUT2D eigenvalue weighted by Crippen LogP contribution is 2.17. The number of hydrogen-bond acceptors (Lipinski definition) is 4. The Morgan fingerprint density at radius 1 is 1.21 bits per heavy atom. The lowest BCUT2D eigenvalue weighted by atomic mass is 10.0. The Bertz CT molecular complexity index is 921. The number of aromatic nitrogens is 2. The molecule has 1 amide bonds. The van der Waals surface area contributed by atoms with Gasteiger partial charge in [-0.05, 0) is 63.8 Å². The lowest BCUT2D eigenvalue weighted by Gasteiger charge is -2.33. The van der Waals surface area contributed by atoms with Gasteiger partial charge in [0.2, 0.25) is 0 Å². The predicted octanol–water partition coefficient (Wildman–Crippen LogP) is 2.73. The SMILES string of the molecule is C[C@H]1CCCCN1CCCNC(=O)c1ccc2c(=O)n3c(nc2c1)CCCC3. The second-order valence-corrected chi connectivity index (χ2v) is 8.16. The van der Waals surface area contributed by atoms with Gasteiger partial charge in [0.05, 0.1) is 10.9 Å². The van der Waals surface area contributed by atoms with Crippen LogP contribution in [-0.2, 0) is 13.0 Å². The minimum atomic E-state index is -0.0896. The van der Waals surface area contributed by atoms with Gasteiger partial charge in [-0.25, -0.2) is 4.98 Å². The lowest BCUT2D eigenvalue weighted by molar-refractivity contribution is 0.0949. The molecule has 1 aromatic carbocycles. The number of hydrogen-bond donors (Lipinski definition) is 1. The zero-order valence-electron chi connectivity index (χ0n) is 16.7. The number of amides is 1. The molecule has 0 bridgehead atoms. The van der Waals surface area contributed by atoms with Crippen LogP contribution in [0.2, 0.25) is 0 Å². The van der Waals surface area contributed by atoms with Crippen LogP contribution in [0.3, 0.4) is 0 Å². The van der Waals surface area contributed by atoms with Crippen LogP contribution >= 0.6 is 0 Å². The summed E-state index contributed by atoms with van der Waals surface area (Å²) in [6.07, 6.45) is 7.76. The molecule has 0 aliphatic carbocycles. The van der Waals surface area contributed by atoms with Crippen LogP contribution < -0.4 is 10.9 Å². The molecule has 2 aliphatic heterocycles. The first-order chi connectivity index (χ1) is 13.6. The van der Waals surface area contributed by atoms with Crippen molar-refractivity contribution in [3.8, 4) is 0 Å². The summed E-state index contributed by atoms with van der Waals surface area (Å²) in [6, 6.07) is 5.90. The van der Waals surface area contributed by atoms with Crippen molar-refractivity contribution in [3.63, 3.8) is 0 Å². The topological polar surface area (TPSA) is 67.2 Å². The van der Waals surface area contributed by atoms with Crippen molar-refractivity contribution in [1.29, 1.82) is 0 Å². The average molecular weight is 383 g/mol. The van der Waals surface area contributed by atoms with Crippen molar-refractivity contribution in [2.24, 2.45) is 0 Å². The number of nitrogens with zero attached hydrogens (tertiary/aromatic N) is 3. The van der Waals surface area contributed by atoms with Gasteiger partial charge in [-0.3, -0.25) is 14.2 Å². The normalized spacial score (nSPS) is 20.1. The van der Waals surface area contributed by atoms with Crippen molar-refractivity contribution in [3.05, 3.63) is 39.9 Å². The molecular formula is C22H30N4O2. The molecule has 0 spiro atoms. The molecule has 6 heteroatoms. The maximum Gasteiger partial charge on any atom is 0.261 e. The third-order valence-electron chi connectivity index (χ3n) is 6.18. The smallest absolute Gasteiger partial charge is 0.261 e. The first-order valence-electron chi connectivity index (χ1n) is 10.7. The number of carbonyl (C=O) groups excluding carboxylic acids is 1. The van der Waals surface area contributed by atoms with Gasteiger partial charge in [-0.2, -0.15) is 0 Å². The number of piperidine rings is 1. The van der Waals surface area contributed by atoms with Gasteiger partial charge in [0.1, 0.15) is 5.82 Å². The number of carbonyl (C=O) groups is 1. The van der Waals surface area contributed by atoms with Crippen LogP contribution in [0.5, 0.6) is 0 Å². The van der Waals surface area contributed by atoms with Gasteiger partial charge >= 0.3 is 0 Å². The van der Waals surface area contributed by atoms with E-state index in [1.54, 1.807) is 22.8 Å². The van der Waals surface area contributed by atoms with Gasteiger partial charge in [0.25, 0.3) is 11.5 Å². The van der Waals surface area contributed by atoms with E-state index in [9.17, 15) is 9.59 Å². The lowest BCUT2D eigenvalue weighted by Crippen LogP contribution is -2.39.